The lowest BCUT2D eigenvalue weighted by atomic mass is 10.1. The third-order valence-corrected chi connectivity index (χ3v) is 5.37. The molecule has 4 rings (SSSR count). The van der Waals surface area contributed by atoms with Crippen LogP contribution in [-0.2, 0) is 11.2 Å². The Morgan fingerprint density at radius 1 is 1.13 bits per heavy atom. The second kappa shape index (κ2) is 8.13. The zero-order valence-corrected chi connectivity index (χ0v) is 18.4. The van der Waals surface area contributed by atoms with Crippen molar-refractivity contribution in [3.8, 4) is 5.69 Å². The fourth-order valence-electron chi connectivity index (χ4n) is 3.50. The number of imidazole rings is 1. The van der Waals surface area contributed by atoms with Gasteiger partial charge in [-0.1, -0.05) is 35.3 Å². The molecule has 0 bridgehead atoms. The van der Waals surface area contributed by atoms with Crippen LogP contribution in [0.3, 0.4) is 0 Å². The summed E-state index contributed by atoms with van der Waals surface area (Å²) in [6, 6.07) is 11.6. The van der Waals surface area contributed by atoms with E-state index in [0.717, 1.165) is 22.6 Å². The lowest BCUT2D eigenvalue weighted by molar-refractivity contribution is -0.121. The molecule has 30 heavy (non-hydrogen) atoms. The van der Waals surface area contributed by atoms with Gasteiger partial charge in [-0.05, 0) is 50.6 Å². The van der Waals surface area contributed by atoms with E-state index < -0.39 is 0 Å². The first-order valence-corrected chi connectivity index (χ1v) is 10.3. The summed E-state index contributed by atoms with van der Waals surface area (Å²) in [6.07, 6.45) is 3.63. The average Bonchev–Trinajstić information content (AvgIpc) is 3.23. The van der Waals surface area contributed by atoms with Gasteiger partial charge in [0.05, 0.1) is 39.6 Å². The number of nitrogens with one attached hydrogen (secondary N) is 1. The van der Waals surface area contributed by atoms with Gasteiger partial charge in [0.25, 0.3) is 0 Å². The van der Waals surface area contributed by atoms with Crippen molar-refractivity contribution in [1.29, 1.82) is 0 Å². The Kier molecular flexibility index (Phi) is 5.54. The molecule has 8 heteroatoms. The third kappa shape index (κ3) is 4.20. The van der Waals surface area contributed by atoms with Crippen LogP contribution in [0.15, 0.2) is 48.8 Å². The summed E-state index contributed by atoms with van der Waals surface area (Å²) < 4.78 is 3.64. The minimum atomic E-state index is -0.137. The summed E-state index contributed by atoms with van der Waals surface area (Å²) >= 11 is 12.2. The van der Waals surface area contributed by atoms with Crippen LogP contribution in [0.25, 0.3) is 11.3 Å². The van der Waals surface area contributed by atoms with Crippen molar-refractivity contribution in [2.24, 2.45) is 0 Å². The van der Waals surface area contributed by atoms with E-state index in [2.05, 4.69) is 15.4 Å². The molecule has 0 spiro atoms. The molecule has 0 saturated carbocycles. The van der Waals surface area contributed by atoms with Gasteiger partial charge >= 0.3 is 0 Å². The van der Waals surface area contributed by atoms with Crippen LogP contribution >= 0.6 is 23.2 Å². The van der Waals surface area contributed by atoms with Crippen LogP contribution in [0.2, 0.25) is 10.0 Å². The predicted molar refractivity (Wildman–Crippen MR) is 119 cm³/mol. The largest absolute Gasteiger partial charge is 0.349 e. The van der Waals surface area contributed by atoms with Crippen molar-refractivity contribution in [1.82, 2.24) is 24.5 Å². The molecule has 3 aromatic heterocycles. The molecule has 0 radical (unpaired) electrons. The first kappa shape index (κ1) is 20.4. The molecule has 6 nitrogen and oxygen atoms in total. The maximum Gasteiger partial charge on any atom is 0.226 e. The summed E-state index contributed by atoms with van der Waals surface area (Å²) in [5.74, 6) is -0.115. The first-order chi connectivity index (χ1) is 14.3. The fourth-order valence-corrected chi connectivity index (χ4v) is 4.02. The van der Waals surface area contributed by atoms with Crippen LogP contribution in [-0.4, -0.2) is 25.1 Å². The molecule has 0 aliphatic rings. The summed E-state index contributed by atoms with van der Waals surface area (Å²) in [5.41, 5.74) is 5.27. The fraction of sp³-hybridized carbons (Fsp3) is 0.227. The highest BCUT2D eigenvalue weighted by atomic mass is 35.5. The van der Waals surface area contributed by atoms with Gasteiger partial charge in [0.1, 0.15) is 0 Å². The standard InChI is InChI=1S/C22H21Cl2N5O/c1-13-8-14(2)29(27-13)19-6-4-16(5-7-19)15(3)25-21(30)10-18-12-28-11-17(23)9-20(24)22(28)26-18/h4-9,11-12,15H,10H2,1-3H3,(H,25,30). The molecule has 1 unspecified atom stereocenters. The predicted octanol–water partition coefficient (Wildman–Crippen LogP) is 4.86. The van der Waals surface area contributed by atoms with Gasteiger partial charge in [-0.3, -0.25) is 4.79 Å². The second-order valence-corrected chi connectivity index (χ2v) is 8.21. The number of fused-ring (bicyclic) bond motifs is 1. The topological polar surface area (TPSA) is 64.2 Å². The number of amides is 1. The summed E-state index contributed by atoms with van der Waals surface area (Å²) in [5, 5.41) is 8.48. The van der Waals surface area contributed by atoms with E-state index in [1.54, 1.807) is 22.9 Å². The number of carbonyl (C=O) groups is 1. The van der Waals surface area contributed by atoms with Crippen molar-refractivity contribution in [3.63, 3.8) is 0 Å². The number of benzene rings is 1. The Labute approximate surface area is 184 Å². The van der Waals surface area contributed by atoms with Crippen molar-refractivity contribution in [2.45, 2.75) is 33.2 Å². The molecule has 0 aliphatic carbocycles. The summed E-state index contributed by atoms with van der Waals surface area (Å²) in [6.45, 7) is 5.95. The minimum Gasteiger partial charge on any atom is -0.349 e. The van der Waals surface area contributed by atoms with Crippen molar-refractivity contribution in [2.75, 3.05) is 0 Å². The quantitative estimate of drug-likeness (QED) is 0.480. The molecule has 0 aliphatic heterocycles. The van der Waals surface area contributed by atoms with E-state index in [9.17, 15) is 4.79 Å². The van der Waals surface area contributed by atoms with E-state index in [1.807, 2.05) is 55.8 Å². The van der Waals surface area contributed by atoms with E-state index >= 15 is 0 Å². The van der Waals surface area contributed by atoms with E-state index in [-0.39, 0.29) is 18.4 Å². The average molecular weight is 442 g/mol. The molecular formula is C22H21Cl2N5O. The van der Waals surface area contributed by atoms with Gasteiger partial charge in [-0.2, -0.15) is 5.10 Å². The number of nitrogens with zero attached hydrogens (tertiary/aromatic N) is 4. The molecular weight excluding hydrogens is 421 g/mol. The number of rotatable bonds is 5. The Balaban J connectivity index is 1.43. The molecule has 0 fully saturated rings. The number of pyridine rings is 1. The van der Waals surface area contributed by atoms with Crippen LogP contribution < -0.4 is 5.32 Å². The van der Waals surface area contributed by atoms with Crippen LogP contribution in [0, 0.1) is 13.8 Å². The smallest absolute Gasteiger partial charge is 0.226 e. The van der Waals surface area contributed by atoms with Crippen molar-refractivity contribution in [3.05, 3.63) is 81.5 Å². The Morgan fingerprint density at radius 2 is 1.87 bits per heavy atom. The van der Waals surface area contributed by atoms with Crippen LogP contribution in [0.5, 0.6) is 0 Å². The molecule has 3 heterocycles. The van der Waals surface area contributed by atoms with E-state index in [4.69, 9.17) is 23.2 Å². The van der Waals surface area contributed by atoms with Gasteiger partial charge in [-0.15, -0.1) is 0 Å². The first-order valence-electron chi connectivity index (χ1n) is 9.56. The van der Waals surface area contributed by atoms with Crippen LogP contribution in [0.4, 0.5) is 0 Å². The van der Waals surface area contributed by atoms with Gasteiger partial charge in [0, 0.05) is 18.1 Å². The van der Waals surface area contributed by atoms with Gasteiger partial charge < -0.3 is 9.72 Å². The van der Waals surface area contributed by atoms with E-state index in [1.165, 1.54) is 0 Å². The number of hydrogen-bond donors (Lipinski definition) is 1. The monoisotopic (exact) mass is 441 g/mol. The maximum atomic E-state index is 12.5. The van der Waals surface area contributed by atoms with Crippen molar-refractivity contribution < 1.29 is 4.79 Å². The molecule has 0 saturated heterocycles. The normalized spacial score (nSPS) is 12.3. The lowest BCUT2D eigenvalue weighted by Crippen LogP contribution is -2.28. The second-order valence-electron chi connectivity index (χ2n) is 7.37. The zero-order valence-electron chi connectivity index (χ0n) is 16.9. The molecule has 1 aromatic carbocycles. The number of carbonyl (C=O) groups excluding carboxylic acids is 1. The molecule has 154 valence electrons. The Bertz CT molecular complexity index is 1230. The lowest BCUT2D eigenvalue weighted by Gasteiger charge is -2.15. The highest BCUT2D eigenvalue weighted by Crippen LogP contribution is 2.22. The molecule has 1 N–H and O–H groups in total. The summed E-state index contributed by atoms with van der Waals surface area (Å²) in [7, 11) is 0. The molecule has 1 amide bonds. The zero-order chi connectivity index (χ0) is 21.4. The van der Waals surface area contributed by atoms with Gasteiger partial charge in [0.15, 0.2) is 5.65 Å². The number of aromatic nitrogens is 4. The van der Waals surface area contributed by atoms with Crippen molar-refractivity contribution >= 4 is 34.8 Å². The van der Waals surface area contributed by atoms with Crippen LogP contribution in [0.1, 0.15) is 35.6 Å². The van der Waals surface area contributed by atoms with Gasteiger partial charge in [-0.25, -0.2) is 9.67 Å². The number of halogens is 2. The van der Waals surface area contributed by atoms with Gasteiger partial charge in [0.2, 0.25) is 5.91 Å². The summed E-state index contributed by atoms with van der Waals surface area (Å²) in [4.78, 5) is 17.0. The molecule has 4 aromatic rings. The third-order valence-electron chi connectivity index (χ3n) is 4.89. The maximum absolute atomic E-state index is 12.5. The highest BCUT2D eigenvalue weighted by Gasteiger charge is 2.14. The Morgan fingerprint density at radius 3 is 2.53 bits per heavy atom. The Hall–Kier alpha value is -2.83. The molecule has 1 atom stereocenters. The highest BCUT2D eigenvalue weighted by molar-refractivity contribution is 6.36. The number of hydrogen-bond acceptors (Lipinski definition) is 3. The SMILES string of the molecule is Cc1cc(C)n(-c2ccc(C(C)NC(=O)Cc3cn4cc(Cl)cc(Cl)c4n3)cc2)n1. The van der Waals surface area contributed by atoms with E-state index in [0.29, 0.717) is 21.4 Å². The number of aryl methyl sites for hydroxylation is 2. The minimum absolute atomic E-state index is 0.115.